The van der Waals surface area contributed by atoms with Crippen LogP contribution in [0.2, 0.25) is 0 Å². The molecular formula is C28H39N3O7. The standard InChI is InChI=1S/C28H39N3O7/c1-27(2,3)37-25(32)29-13-14-31(26(33)38-28(4,5)6)15-16-34-23-12-8-11-22(30-23)20-9-7-10-21(19-20)24-35-17-18-36-24/h7-12,19,24H,13-18H2,1-6H3,(H,29,32). The molecule has 1 aliphatic rings. The van der Waals surface area contributed by atoms with E-state index in [9.17, 15) is 9.59 Å². The van der Waals surface area contributed by atoms with Crippen LogP contribution in [0.15, 0.2) is 42.5 Å². The zero-order valence-electron chi connectivity index (χ0n) is 23.1. The fourth-order valence-electron chi connectivity index (χ4n) is 3.54. The second-order valence-electron chi connectivity index (χ2n) is 10.8. The highest BCUT2D eigenvalue weighted by molar-refractivity contribution is 5.69. The highest BCUT2D eigenvalue weighted by Crippen LogP contribution is 2.28. The first-order chi connectivity index (χ1) is 17.9. The van der Waals surface area contributed by atoms with Crippen LogP contribution in [0.5, 0.6) is 5.88 Å². The lowest BCUT2D eigenvalue weighted by molar-refractivity contribution is -0.0440. The van der Waals surface area contributed by atoms with E-state index in [1.165, 1.54) is 4.90 Å². The molecule has 208 valence electrons. The Morgan fingerprint density at radius 1 is 0.974 bits per heavy atom. The van der Waals surface area contributed by atoms with E-state index >= 15 is 0 Å². The topological polar surface area (TPSA) is 108 Å². The lowest BCUT2D eigenvalue weighted by atomic mass is 10.1. The monoisotopic (exact) mass is 529 g/mol. The summed E-state index contributed by atoms with van der Waals surface area (Å²) in [6, 6.07) is 13.4. The van der Waals surface area contributed by atoms with Crippen LogP contribution < -0.4 is 10.1 Å². The molecule has 1 aliphatic heterocycles. The van der Waals surface area contributed by atoms with E-state index in [2.05, 4.69) is 10.3 Å². The summed E-state index contributed by atoms with van der Waals surface area (Å²) < 4.78 is 27.9. The Kier molecular flexibility index (Phi) is 9.93. The fourth-order valence-corrected chi connectivity index (χ4v) is 3.54. The molecule has 1 aromatic heterocycles. The Labute approximate surface area is 224 Å². The van der Waals surface area contributed by atoms with Crippen LogP contribution in [0.25, 0.3) is 11.3 Å². The number of pyridine rings is 1. The molecular weight excluding hydrogens is 490 g/mol. The first kappa shape index (κ1) is 29.2. The van der Waals surface area contributed by atoms with Gasteiger partial charge in [0.2, 0.25) is 5.88 Å². The van der Waals surface area contributed by atoms with Crippen molar-refractivity contribution in [1.29, 1.82) is 0 Å². The maximum atomic E-state index is 12.8. The Balaban J connectivity index is 1.59. The number of alkyl carbamates (subject to hydrolysis) is 1. The summed E-state index contributed by atoms with van der Waals surface area (Å²) in [4.78, 5) is 30.8. The lowest BCUT2D eigenvalue weighted by Crippen LogP contribution is -2.44. The van der Waals surface area contributed by atoms with Crippen LogP contribution in [0.3, 0.4) is 0 Å². The number of hydrogen-bond acceptors (Lipinski definition) is 8. The molecule has 0 unspecified atom stereocenters. The normalized spacial score (nSPS) is 14.2. The highest BCUT2D eigenvalue weighted by atomic mass is 16.7. The van der Waals surface area contributed by atoms with Crippen LogP contribution in [0.1, 0.15) is 53.4 Å². The maximum Gasteiger partial charge on any atom is 0.410 e. The average Bonchev–Trinajstić information content (AvgIpc) is 3.36. The van der Waals surface area contributed by atoms with Crippen molar-refractivity contribution in [3.05, 3.63) is 48.0 Å². The number of rotatable bonds is 9. The van der Waals surface area contributed by atoms with Crippen LogP contribution in [0.4, 0.5) is 9.59 Å². The van der Waals surface area contributed by atoms with Gasteiger partial charge in [-0.15, -0.1) is 0 Å². The molecule has 0 aliphatic carbocycles. The van der Waals surface area contributed by atoms with Crippen LogP contribution in [-0.4, -0.2) is 72.7 Å². The minimum absolute atomic E-state index is 0.186. The third-order valence-electron chi connectivity index (χ3n) is 5.11. The molecule has 3 rings (SSSR count). The molecule has 2 aromatic rings. The van der Waals surface area contributed by atoms with E-state index in [1.54, 1.807) is 47.6 Å². The van der Waals surface area contributed by atoms with Gasteiger partial charge in [-0.25, -0.2) is 14.6 Å². The molecule has 38 heavy (non-hydrogen) atoms. The summed E-state index contributed by atoms with van der Waals surface area (Å²) >= 11 is 0. The molecule has 10 heteroatoms. The van der Waals surface area contributed by atoms with Crippen LogP contribution in [-0.2, 0) is 18.9 Å². The van der Waals surface area contributed by atoms with Gasteiger partial charge in [-0.2, -0.15) is 0 Å². The highest BCUT2D eigenvalue weighted by Gasteiger charge is 2.23. The van der Waals surface area contributed by atoms with Crippen molar-refractivity contribution in [3.8, 4) is 17.1 Å². The SMILES string of the molecule is CC(C)(C)OC(=O)NCCN(CCOc1cccc(-c2cccc(C3OCCO3)c2)n1)C(=O)OC(C)(C)C. The van der Waals surface area contributed by atoms with E-state index in [4.69, 9.17) is 23.7 Å². The summed E-state index contributed by atoms with van der Waals surface area (Å²) in [5, 5.41) is 2.66. The smallest absolute Gasteiger partial charge is 0.410 e. The number of carbonyl (C=O) groups is 2. The number of aromatic nitrogens is 1. The zero-order chi connectivity index (χ0) is 27.8. The molecule has 0 radical (unpaired) electrons. The van der Waals surface area contributed by atoms with Crippen molar-refractivity contribution < 1.29 is 33.3 Å². The second kappa shape index (κ2) is 12.9. The fraction of sp³-hybridized carbons (Fsp3) is 0.536. The predicted molar refractivity (Wildman–Crippen MR) is 142 cm³/mol. The summed E-state index contributed by atoms with van der Waals surface area (Å²) in [5.41, 5.74) is 1.32. The Bertz CT molecular complexity index is 1070. The third kappa shape index (κ3) is 9.83. The van der Waals surface area contributed by atoms with Crippen molar-refractivity contribution in [2.45, 2.75) is 59.0 Å². The summed E-state index contributed by atoms with van der Waals surface area (Å²) in [5.74, 6) is 0.428. The maximum absolute atomic E-state index is 12.8. The Morgan fingerprint density at radius 2 is 1.66 bits per heavy atom. The van der Waals surface area contributed by atoms with Crippen molar-refractivity contribution in [1.82, 2.24) is 15.2 Å². The van der Waals surface area contributed by atoms with Gasteiger partial charge in [0.15, 0.2) is 6.29 Å². The summed E-state index contributed by atoms with van der Waals surface area (Å²) in [6.45, 7) is 12.8. The van der Waals surface area contributed by atoms with Crippen molar-refractivity contribution in [2.24, 2.45) is 0 Å². The zero-order valence-corrected chi connectivity index (χ0v) is 23.1. The van der Waals surface area contributed by atoms with Gasteiger partial charge in [0.25, 0.3) is 0 Å². The van der Waals surface area contributed by atoms with Crippen LogP contribution in [0, 0.1) is 0 Å². The predicted octanol–water partition coefficient (Wildman–Crippen LogP) is 4.93. The molecule has 10 nitrogen and oxygen atoms in total. The van der Waals surface area contributed by atoms with Gasteiger partial charge < -0.3 is 33.9 Å². The Hall–Kier alpha value is -3.37. The number of hydrogen-bond donors (Lipinski definition) is 1. The molecule has 0 bridgehead atoms. The van der Waals surface area contributed by atoms with E-state index in [0.717, 1.165) is 16.8 Å². The van der Waals surface area contributed by atoms with Crippen molar-refractivity contribution >= 4 is 12.2 Å². The number of amides is 2. The molecule has 1 fully saturated rings. The molecule has 2 amide bonds. The number of benzene rings is 1. The van der Waals surface area contributed by atoms with Gasteiger partial charge in [0.05, 0.1) is 25.5 Å². The Morgan fingerprint density at radius 3 is 2.34 bits per heavy atom. The molecule has 1 saturated heterocycles. The molecule has 0 spiro atoms. The average molecular weight is 530 g/mol. The van der Waals surface area contributed by atoms with Gasteiger partial charge >= 0.3 is 12.2 Å². The molecule has 1 N–H and O–H groups in total. The largest absolute Gasteiger partial charge is 0.476 e. The first-order valence-corrected chi connectivity index (χ1v) is 12.8. The third-order valence-corrected chi connectivity index (χ3v) is 5.11. The van der Waals surface area contributed by atoms with Gasteiger partial charge in [0.1, 0.15) is 17.8 Å². The molecule has 2 heterocycles. The second-order valence-corrected chi connectivity index (χ2v) is 10.8. The lowest BCUT2D eigenvalue weighted by Gasteiger charge is -2.27. The van der Waals surface area contributed by atoms with Gasteiger partial charge in [-0.1, -0.05) is 24.3 Å². The van der Waals surface area contributed by atoms with Gasteiger partial charge in [-0.3, -0.25) is 0 Å². The van der Waals surface area contributed by atoms with Gasteiger partial charge in [-0.05, 0) is 53.7 Å². The number of nitrogens with one attached hydrogen (secondary N) is 1. The van der Waals surface area contributed by atoms with E-state index < -0.39 is 23.4 Å². The van der Waals surface area contributed by atoms with E-state index in [1.807, 2.05) is 36.4 Å². The van der Waals surface area contributed by atoms with E-state index in [-0.39, 0.29) is 32.5 Å². The first-order valence-electron chi connectivity index (χ1n) is 12.8. The minimum Gasteiger partial charge on any atom is -0.476 e. The number of nitrogens with zero attached hydrogens (tertiary/aromatic N) is 2. The van der Waals surface area contributed by atoms with Gasteiger partial charge in [0, 0.05) is 30.3 Å². The molecule has 0 saturated carbocycles. The summed E-state index contributed by atoms with van der Waals surface area (Å²) in [7, 11) is 0. The number of carbonyl (C=O) groups excluding carboxylic acids is 2. The minimum atomic E-state index is -0.659. The molecule has 1 aromatic carbocycles. The summed E-state index contributed by atoms with van der Waals surface area (Å²) in [6.07, 6.45) is -1.41. The van der Waals surface area contributed by atoms with Crippen molar-refractivity contribution in [3.63, 3.8) is 0 Å². The molecule has 0 atom stereocenters. The van der Waals surface area contributed by atoms with E-state index in [0.29, 0.717) is 19.1 Å². The van der Waals surface area contributed by atoms with Crippen molar-refractivity contribution in [2.75, 3.05) is 39.5 Å². The number of ether oxygens (including phenoxy) is 5. The van der Waals surface area contributed by atoms with Crippen LogP contribution >= 0.6 is 0 Å². The quantitative estimate of drug-likeness (QED) is 0.487.